The van der Waals surface area contributed by atoms with E-state index < -0.39 is 0 Å². The summed E-state index contributed by atoms with van der Waals surface area (Å²) in [6.45, 7) is 2.89. The van der Waals surface area contributed by atoms with Gasteiger partial charge in [0.25, 0.3) is 5.91 Å². The SMILES string of the molecule is CCCNc1ncc(C(=O)NC2CCC(SC)C2)cc1Cl. The normalized spacial score (nSPS) is 21.3. The number of carbonyl (C=O) groups is 1. The number of aromatic nitrogens is 1. The largest absolute Gasteiger partial charge is 0.369 e. The molecule has 0 aliphatic heterocycles. The number of nitrogens with one attached hydrogen (secondary N) is 2. The van der Waals surface area contributed by atoms with E-state index in [1.54, 1.807) is 12.3 Å². The van der Waals surface area contributed by atoms with E-state index in [1.807, 2.05) is 11.8 Å². The van der Waals surface area contributed by atoms with Crippen LogP contribution in [0, 0.1) is 0 Å². The van der Waals surface area contributed by atoms with Gasteiger partial charge in [-0.05, 0) is 38.0 Å². The van der Waals surface area contributed by atoms with E-state index in [1.165, 1.54) is 6.42 Å². The van der Waals surface area contributed by atoms with Crippen molar-refractivity contribution in [3.05, 3.63) is 22.8 Å². The molecule has 4 nitrogen and oxygen atoms in total. The number of hydrogen-bond acceptors (Lipinski definition) is 4. The van der Waals surface area contributed by atoms with Gasteiger partial charge in [-0.3, -0.25) is 4.79 Å². The molecule has 21 heavy (non-hydrogen) atoms. The molecular weight excluding hydrogens is 306 g/mol. The van der Waals surface area contributed by atoms with Crippen molar-refractivity contribution in [1.82, 2.24) is 10.3 Å². The molecule has 0 spiro atoms. The van der Waals surface area contributed by atoms with Crippen molar-refractivity contribution in [2.45, 2.75) is 43.9 Å². The van der Waals surface area contributed by atoms with Crippen LogP contribution >= 0.6 is 23.4 Å². The zero-order valence-corrected chi connectivity index (χ0v) is 14.1. The van der Waals surface area contributed by atoms with E-state index in [9.17, 15) is 4.79 Å². The molecule has 2 N–H and O–H groups in total. The number of rotatable bonds is 6. The van der Waals surface area contributed by atoms with Crippen molar-refractivity contribution in [2.24, 2.45) is 0 Å². The van der Waals surface area contributed by atoms with Gasteiger partial charge in [0.05, 0.1) is 10.6 Å². The fraction of sp³-hybridized carbons (Fsp3) is 0.600. The fourth-order valence-corrected chi connectivity index (χ4v) is 3.52. The summed E-state index contributed by atoms with van der Waals surface area (Å²) in [4.78, 5) is 16.5. The average molecular weight is 328 g/mol. The smallest absolute Gasteiger partial charge is 0.253 e. The van der Waals surface area contributed by atoms with Gasteiger partial charge >= 0.3 is 0 Å². The molecule has 1 aromatic rings. The Morgan fingerprint density at radius 1 is 1.52 bits per heavy atom. The van der Waals surface area contributed by atoms with Crippen LogP contribution in [0.5, 0.6) is 0 Å². The standard InChI is InChI=1S/C15H22ClN3OS/c1-3-6-17-14-13(16)7-10(9-18-14)15(20)19-11-4-5-12(8-11)21-2/h7,9,11-12H,3-6,8H2,1-2H3,(H,17,18)(H,19,20). The van der Waals surface area contributed by atoms with Crippen LogP contribution in [0.25, 0.3) is 0 Å². The lowest BCUT2D eigenvalue weighted by Crippen LogP contribution is -2.33. The third-order valence-electron chi connectivity index (χ3n) is 3.70. The molecule has 1 saturated carbocycles. The van der Waals surface area contributed by atoms with E-state index in [0.717, 1.165) is 25.8 Å². The molecule has 0 bridgehead atoms. The van der Waals surface area contributed by atoms with Gasteiger partial charge in [-0.1, -0.05) is 18.5 Å². The first-order valence-corrected chi connectivity index (χ1v) is 9.03. The van der Waals surface area contributed by atoms with Gasteiger partial charge in [-0.25, -0.2) is 4.98 Å². The number of nitrogens with zero attached hydrogens (tertiary/aromatic N) is 1. The second kappa shape index (κ2) is 7.90. The highest BCUT2D eigenvalue weighted by Crippen LogP contribution is 2.28. The molecule has 1 fully saturated rings. The molecule has 2 rings (SSSR count). The molecule has 1 aliphatic rings. The summed E-state index contributed by atoms with van der Waals surface area (Å²) >= 11 is 8.04. The summed E-state index contributed by atoms with van der Waals surface area (Å²) in [6, 6.07) is 1.95. The van der Waals surface area contributed by atoms with Gasteiger partial charge in [0.1, 0.15) is 5.82 Å². The maximum absolute atomic E-state index is 12.2. The van der Waals surface area contributed by atoms with E-state index in [-0.39, 0.29) is 11.9 Å². The minimum atomic E-state index is -0.0850. The van der Waals surface area contributed by atoms with Crippen LogP contribution < -0.4 is 10.6 Å². The molecule has 0 saturated heterocycles. The van der Waals surface area contributed by atoms with Gasteiger partial charge in [-0.15, -0.1) is 0 Å². The number of thioether (sulfide) groups is 1. The summed E-state index contributed by atoms with van der Waals surface area (Å²) < 4.78 is 0. The quantitative estimate of drug-likeness (QED) is 0.838. The molecule has 2 atom stereocenters. The second-order valence-corrected chi connectivity index (χ2v) is 6.87. The summed E-state index contributed by atoms with van der Waals surface area (Å²) in [6.07, 6.45) is 7.98. The lowest BCUT2D eigenvalue weighted by molar-refractivity contribution is 0.0937. The Morgan fingerprint density at radius 2 is 2.33 bits per heavy atom. The van der Waals surface area contributed by atoms with Crippen molar-refractivity contribution in [3.8, 4) is 0 Å². The van der Waals surface area contributed by atoms with Crippen molar-refractivity contribution in [3.63, 3.8) is 0 Å². The lowest BCUT2D eigenvalue weighted by Gasteiger charge is -2.13. The Kier molecular flexibility index (Phi) is 6.18. The number of carbonyl (C=O) groups excluding carboxylic acids is 1. The minimum absolute atomic E-state index is 0.0850. The number of hydrogen-bond donors (Lipinski definition) is 2. The summed E-state index contributed by atoms with van der Waals surface area (Å²) in [5.41, 5.74) is 0.523. The van der Waals surface area contributed by atoms with Crippen LogP contribution in [-0.4, -0.2) is 35.0 Å². The molecule has 1 aromatic heterocycles. The second-order valence-electron chi connectivity index (χ2n) is 5.32. The molecule has 1 aliphatic carbocycles. The van der Waals surface area contributed by atoms with Crippen LogP contribution in [0.3, 0.4) is 0 Å². The number of amides is 1. The van der Waals surface area contributed by atoms with Gasteiger partial charge in [0.15, 0.2) is 0 Å². The monoisotopic (exact) mass is 327 g/mol. The van der Waals surface area contributed by atoms with Crippen LogP contribution in [0.2, 0.25) is 5.02 Å². The van der Waals surface area contributed by atoms with E-state index in [2.05, 4.69) is 28.8 Å². The lowest BCUT2D eigenvalue weighted by atomic mass is 10.2. The third kappa shape index (κ3) is 4.51. The van der Waals surface area contributed by atoms with Gasteiger partial charge < -0.3 is 10.6 Å². The van der Waals surface area contributed by atoms with Crippen LogP contribution in [0.15, 0.2) is 12.3 Å². The molecule has 0 radical (unpaired) electrons. The van der Waals surface area contributed by atoms with Gasteiger partial charge in [-0.2, -0.15) is 11.8 Å². The van der Waals surface area contributed by atoms with E-state index >= 15 is 0 Å². The number of halogens is 1. The molecule has 1 heterocycles. The van der Waals surface area contributed by atoms with E-state index in [0.29, 0.717) is 21.7 Å². The van der Waals surface area contributed by atoms with Crippen molar-refractivity contribution in [1.29, 1.82) is 0 Å². The Morgan fingerprint density at radius 3 is 2.95 bits per heavy atom. The molecule has 2 unspecified atom stereocenters. The zero-order chi connectivity index (χ0) is 15.2. The third-order valence-corrected chi connectivity index (χ3v) is 5.08. The van der Waals surface area contributed by atoms with Crippen LogP contribution in [0.1, 0.15) is 43.0 Å². The molecule has 116 valence electrons. The Hall–Kier alpha value is -0.940. The molecule has 1 amide bonds. The maximum atomic E-state index is 12.2. The number of pyridine rings is 1. The first-order valence-electron chi connectivity index (χ1n) is 7.37. The Balaban J connectivity index is 1.95. The van der Waals surface area contributed by atoms with E-state index in [4.69, 9.17) is 11.6 Å². The highest BCUT2D eigenvalue weighted by molar-refractivity contribution is 7.99. The molecule has 0 aromatic carbocycles. The van der Waals surface area contributed by atoms with Crippen molar-refractivity contribution >= 4 is 35.1 Å². The minimum Gasteiger partial charge on any atom is -0.369 e. The summed E-state index contributed by atoms with van der Waals surface area (Å²) in [5.74, 6) is 0.552. The van der Waals surface area contributed by atoms with Gasteiger partial charge in [0.2, 0.25) is 0 Å². The predicted octanol–water partition coefficient (Wildman–Crippen LogP) is 3.57. The van der Waals surface area contributed by atoms with Crippen LogP contribution in [-0.2, 0) is 0 Å². The Labute approximate surface area is 135 Å². The predicted molar refractivity (Wildman–Crippen MR) is 90.4 cm³/mol. The zero-order valence-electron chi connectivity index (χ0n) is 12.5. The highest BCUT2D eigenvalue weighted by atomic mass is 35.5. The van der Waals surface area contributed by atoms with Crippen LogP contribution in [0.4, 0.5) is 5.82 Å². The summed E-state index contributed by atoms with van der Waals surface area (Å²) in [7, 11) is 0. The molecule has 6 heteroatoms. The fourth-order valence-electron chi connectivity index (χ4n) is 2.49. The first-order chi connectivity index (χ1) is 10.1. The first kappa shape index (κ1) is 16.4. The number of anilines is 1. The Bertz CT molecular complexity index is 498. The topological polar surface area (TPSA) is 54.0 Å². The maximum Gasteiger partial charge on any atom is 0.253 e. The van der Waals surface area contributed by atoms with Crippen molar-refractivity contribution < 1.29 is 4.79 Å². The average Bonchev–Trinajstić information content (AvgIpc) is 2.93. The highest BCUT2D eigenvalue weighted by Gasteiger charge is 2.25. The van der Waals surface area contributed by atoms with Crippen molar-refractivity contribution in [2.75, 3.05) is 18.1 Å². The van der Waals surface area contributed by atoms with Gasteiger partial charge in [0, 0.05) is 24.0 Å². The summed E-state index contributed by atoms with van der Waals surface area (Å²) in [5, 5.41) is 7.37. The molecular formula is C15H22ClN3OS.